The van der Waals surface area contributed by atoms with Crippen molar-refractivity contribution < 1.29 is 4.92 Å². The summed E-state index contributed by atoms with van der Waals surface area (Å²) in [5.41, 5.74) is 5.15. The second-order valence-electron chi connectivity index (χ2n) is 6.84. The third kappa shape index (κ3) is 3.28. The van der Waals surface area contributed by atoms with Crippen molar-refractivity contribution in [2.24, 2.45) is 0 Å². The number of fused-ring (bicyclic) bond motifs is 3. The highest BCUT2D eigenvalue weighted by Gasteiger charge is 2.12. The SMILES string of the molecule is CCCCCc1ccnc2[nH]c3ccc(-c4cccc([N+](=O)[O-])c4)cc3c12. The zero-order valence-electron chi connectivity index (χ0n) is 15.2. The third-order valence-corrected chi connectivity index (χ3v) is 5.02. The summed E-state index contributed by atoms with van der Waals surface area (Å²) in [6.45, 7) is 2.21. The zero-order chi connectivity index (χ0) is 18.8. The molecule has 0 unspecified atom stereocenters. The number of H-pyrrole nitrogens is 1. The van der Waals surface area contributed by atoms with E-state index in [2.05, 4.69) is 29.0 Å². The summed E-state index contributed by atoms with van der Waals surface area (Å²) in [4.78, 5) is 18.6. The summed E-state index contributed by atoms with van der Waals surface area (Å²) >= 11 is 0. The largest absolute Gasteiger partial charge is 0.339 e. The quantitative estimate of drug-likeness (QED) is 0.260. The first-order chi connectivity index (χ1) is 13.2. The summed E-state index contributed by atoms with van der Waals surface area (Å²) in [6, 6.07) is 15.0. The molecule has 1 N–H and O–H groups in total. The van der Waals surface area contributed by atoms with Crippen LogP contribution >= 0.6 is 0 Å². The van der Waals surface area contributed by atoms with Gasteiger partial charge in [-0.25, -0.2) is 4.98 Å². The predicted molar refractivity (Wildman–Crippen MR) is 109 cm³/mol. The Morgan fingerprint density at radius 3 is 2.74 bits per heavy atom. The molecule has 0 fully saturated rings. The fraction of sp³-hybridized carbons (Fsp3) is 0.227. The maximum Gasteiger partial charge on any atom is 0.270 e. The number of benzene rings is 2. The van der Waals surface area contributed by atoms with Gasteiger partial charge in [0.1, 0.15) is 5.65 Å². The molecule has 4 rings (SSSR count). The van der Waals surface area contributed by atoms with Gasteiger partial charge in [0.15, 0.2) is 0 Å². The van der Waals surface area contributed by atoms with E-state index in [0.717, 1.165) is 45.9 Å². The van der Waals surface area contributed by atoms with Crippen molar-refractivity contribution >= 4 is 27.6 Å². The number of hydrogen-bond acceptors (Lipinski definition) is 3. The van der Waals surface area contributed by atoms with Crippen molar-refractivity contribution in [3.63, 3.8) is 0 Å². The summed E-state index contributed by atoms with van der Waals surface area (Å²) in [5, 5.41) is 13.4. The number of non-ortho nitro benzene ring substituents is 1. The second kappa shape index (κ2) is 7.19. The highest BCUT2D eigenvalue weighted by molar-refractivity contribution is 6.08. The Hall–Kier alpha value is -3.21. The van der Waals surface area contributed by atoms with Gasteiger partial charge in [0.25, 0.3) is 5.69 Å². The van der Waals surface area contributed by atoms with Gasteiger partial charge in [-0.3, -0.25) is 10.1 Å². The minimum atomic E-state index is -0.358. The molecule has 0 saturated heterocycles. The number of nitrogens with one attached hydrogen (secondary N) is 1. The fourth-order valence-corrected chi connectivity index (χ4v) is 3.64. The van der Waals surface area contributed by atoms with E-state index in [1.807, 2.05) is 24.4 Å². The number of hydrogen-bond donors (Lipinski definition) is 1. The fourth-order valence-electron chi connectivity index (χ4n) is 3.64. The molecule has 0 spiro atoms. The highest BCUT2D eigenvalue weighted by atomic mass is 16.6. The highest BCUT2D eigenvalue weighted by Crippen LogP contribution is 2.32. The second-order valence-corrected chi connectivity index (χ2v) is 6.84. The first kappa shape index (κ1) is 17.2. The molecule has 0 amide bonds. The lowest BCUT2D eigenvalue weighted by Crippen LogP contribution is -1.89. The van der Waals surface area contributed by atoms with Gasteiger partial charge in [-0.05, 0) is 47.7 Å². The Balaban J connectivity index is 1.84. The van der Waals surface area contributed by atoms with Crippen LogP contribution in [0.3, 0.4) is 0 Å². The molecule has 2 aromatic carbocycles. The Kier molecular flexibility index (Phi) is 4.59. The lowest BCUT2D eigenvalue weighted by atomic mass is 9.99. The van der Waals surface area contributed by atoms with Crippen molar-refractivity contribution in [1.29, 1.82) is 0 Å². The Bertz CT molecular complexity index is 1130. The van der Waals surface area contributed by atoms with Crippen LogP contribution in [0, 0.1) is 10.1 Å². The molecule has 0 atom stereocenters. The maximum absolute atomic E-state index is 11.1. The van der Waals surface area contributed by atoms with Crippen molar-refractivity contribution in [2.75, 3.05) is 0 Å². The van der Waals surface area contributed by atoms with Crippen LogP contribution in [0.2, 0.25) is 0 Å². The molecule has 0 aliphatic rings. The van der Waals surface area contributed by atoms with E-state index in [0.29, 0.717) is 0 Å². The number of nitro groups is 1. The summed E-state index contributed by atoms with van der Waals surface area (Å²) in [5.74, 6) is 0. The number of aromatic nitrogens is 2. The Labute approximate surface area is 157 Å². The zero-order valence-corrected chi connectivity index (χ0v) is 15.2. The molecule has 5 heteroatoms. The standard InChI is InChI=1S/C22H21N3O2/c1-2-3-4-6-15-11-12-23-22-21(15)19-14-17(9-10-20(19)24-22)16-7-5-8-18(13-16)25(26)27/h5,7-14H,2-4,6H2,1H3,(H,23,24). The number of nitrogens with zero attached hydrogens (tertiary/aromatic N) is 2. The van der Waals surface area contributed by atoms with Crippen LogP contribution in [-0.4, -0.2) is 14.9 Å². The number of unbranched alkanes of at least 4 members (excludes halogenated alkanes) is 2. The van der Waals surface area contributed by atoms with Gasteiger partial charge in [-0.2, -0.15) is 0 Å². The molecule has 0 aliphatic heterocycles. The van der Waals surface area contributed by atoms with Crippen molar-refractivity contribution in [3.8, 4) is 11.1 Å². The van der Waals surface area contributed by atoms with E-state index in [4.69, 9.17) is 0 Å². The average molecular weight is 359 g/mol. The molecule has 2 aromatic heterocycles. The van der Waals surface area contributed by atoms with E-state index in [9.17, 15) is 10.1 Å². The van der Waals surface area contributed by atoms with E-state index in [1.54, 1.807) is 12.1 Å². The van der Waals surface area contributed by atoms with Crippen LogP contribution < -0.4 is 0 Å². The minimum absolute atomic E-state index is 0.105. The molecular formula is C22H21N3O2. The van der Waals surface area contributed by atoms with Crippen molar-refractivity contribution in [2.45, 2.75) is 32.6 Å². The number of aromatic amines is 1. The van der Waals surface area contributed by atoms with Crippen molar-refractivity contribution in [1.82, 2.24) is 9.97 Å². The number of rotatable bonds is 6. The number of pyridine rings is 1. The van der Waals surface area contributed by atoms with Gasteiger partial charge >= 0.3 is 0 Å². The third-order valence-electron chi connectivity index (χ3n) is 5.02. The van der Waals surface area contributed by atoms with E-state index in [-0.39, 0.29) is 10.6 Å². The first-order valence-electron chi connectivity index (χ1n) is 9.31. The predicted octanol–water partition coefficient (Wildman–Crippen LogP) is 6.02. The summed E-state index contributed by atoms with van der Waals surface area (Å²) < 4.78 is 0. The van der Waals surface area contributed by atoms with E-state index < -0.39 is 0 Å². The first-order valence-corrected chi connectivity index (χ1v) is 9.31. The lowest BCUT2D eigenvalue weighted by molar-refractivity contribution is -0.384. The van der Waals surface area contributed by atoms with E-state index >= 15 is 0 Å². The van der Waals surface area contributed by atoms with Gasteiger partial charge < -0.3 is 4.98 Å². The van der Waals surface area contributed by atoms with Gasteiger partial charge in [-0.15, -0.1) is 0 Å². The summed E-state index contributed by atoms with van der Waals surface area (Å²) in [6.07, 6.45) is 6.46. The lowest BCUT2D eigenvalue weighted by Gasteiger charge is -2.05. The van der Waals surface area contributed by atoms with E-state index in [1.165, 1.54) is 24.5 Å². The minimum Gasteiger partial charge on any atom is -0.339 e. The molecule has 4 aromatic rings. The molecule has 0 radical (unpaired) electrons. The summed E-state index contributed by atoms with van der Waals surface area (Å²) in [7, 11) is 0. The molecule has 136 valence electrons. The molecule has 5 nitrogen and oxygen atoms in total. The average Bonchev–Trinajstić information content (AvgIpc) is 3.07. The number of aryl methyl sites for hydroxylation is 1. The Morgan fingerprint density at radius 1 is 1.07 bits per heavy atom. The topological polar surface area (TPSA) is 71.8 Å². The van der Waals surface area contributed by atoms with Gasteiger partial charge in [0.2, 0.25) is 0 Å². The van der Waals surface area contributed by atoms with Crippen LogP contribution in [0.5, 0.6) is 0 Å². The van der Waals surface area contributed by atoms with Gasteiger partial charge in [0.05, 0.1) is 4.92 Å². The van der Waals surface area contributed by atoms with Crippen LogP contribution in [0.25, 0.3) is 33.1 Å². The monoisotopic (exact) mass is 359 g/mol. The molecule has 0 saturated carbocycles. The Morgan fingerprint density at radius 2 is 1.93 bits per heavy atom. The van der Waals surface area contributed by atoms with Crippen LogP contribution in [0.1, 0.15) is 31.7 Å². The molecule has 0 bridgehead atoms. The van der Waals surface area contributed by atoms with Crippen LogP contribution in [0.15, 0.2) is 54.7 Å². The van der Waals surface area contributed by atoms with Gasteiger partial charge in [0, 0.05) is 34.6 Å². The van der Waals surface area contributed by atoms with Crippen LogP contribution in [-0.2, 0) is 6.42 Å². The molecule has 0 aliphatic carbocycles. The smallest absolute Gasteiger partial charge is 0.270 e. The van der Waals surface area contributed by atoms with Crippen LogP contribution in [0.4, 0.5) is 5.69 Å². The molecule has 2 heterocycles. The number of nitro benzene ring substituents is 1. The van der Waals surface area contributed by atoms with Crippen molar-refractivity contribution in [3.05, 3.63) is 70.4 Å². The molecular weight excluding hydrogens is 338 g/mol. The normalized spacial score (nSPS) is 11.3. The van der Waals surface area contributed by atoms with Gasteiger partial charge in [-0.1, -0.05) is 38.0 Å². The maximum atomic E-state index is 11.1. The molecule has 27 heavy (non-hydrogen) atoms.